The molecule has 3 rings (SSSR count). The van der Waals surface area contributed by atoms with Crippen LogP contribution in [0, 0.1) is 11.6 Å². The van der Waals surface area contributed by atoms with E-state index >= 15 is 0 Å². The highest BCUT2D eigenvalue weighted by Crippen LogP contribution is 2.26. The Balaban J connectivity index is 1.79. The summed E-state index contributed by atoms with van der Waals surface area (Å²) in [6.07, 6.45) is -0.498. The Hall–Kier alpha value is -2.06. The van der Waals surface area contributed by atoms with E-state index in [0.29, 0.717) is 6.54 Å². The van der Waals surface area contributed by atoms with E-state index in [0.717, 1.165) is 17.8 Å². The highest BCUT2D eigenvalue weighted by atomic mass is 32.2. The number of anilines is 1. The molecule has 2 atom stereocenters. The molecule has 0 radical (unpaired) electrons. The Morgan fingerprint density at radius 2 is 2.17 bits per heavy atom. The van der Waals surface area contributed by atoms with Gasteiger partial charge in [0.25, 0.3) is 0 Å². The molecule has 164 valence electrons. The summed E-state index contributed by atoms with van der Waals surface area (Å²) in [6, 6.07) is 4.74. The van der Waals surface area contributed by atoms with E-state index in [1.54, 1.807) is 6.92 Å². The number of rotatable bonds is 7. The first-order valence-corrected chi connectivity index (χ1v) is 11.4. The van der Waals surface area contributed by atoms with Gasteiger partial charge in [-0.05, 0) is 13.0 Å². The van der Waals surface area contributed by atoms with Crippen LogP contribution in [0.2, 0.25) is 0 Å². The lowest BCUT2D eigenvalue weighted by Crippen LogP contribution is -2.62. The molecule has 0 aliphatic carbocycles. The summed E-state index contributed by atoms with van der Waals surface area (Å²) in [7, 11) is -2.57. The van der Waals surface area contributed by atoms with Crippen molar-refractivity contribution in [2.75, 3.05) is 24.9 Å². The van der Waals surface area contributed by atoms with Crippen LogP contribution in [0.15, 0.2) is 29.4 Å². The summed E-state index contributed by atoms with van der Waals surface area (Å²) >= 11 is 1.02. The number of halogens is 2. The number of thioether (sulfide) groups is 1. The van der Waals surface area contributed by atoms with Gasteiger partial charge in [-0.25, -0.2) is 13.8 Å². The fraction of sp³-hybridized carbons (Fsp3) is 0.412. The van der Waals surface area contributed by atoms with Crippen LogP contribution in [-0.2, 0) is 16.0 Å². The van der Waals surface area contributed by atoms with Crippen molar-refractivity contribution in [2.24, 2.45) is 5.73 Å². The third kappa shape index (κ3) is 5.16. The van der Waals surface area contributed by atoms with E-state index in [2.05, 4.69) is 20.0 Å². The number of aromatic nitrogens is 2. The van der Waals surface area contributed by atoms with Gasteiger partial charge in [0.15, 0.2) is 16.8 Å². The Labute approximate surface area is 177 Å². The summed E-state index contributed by atoms with van der Waals surface area (Å²) in [4.78, 5) is 8.29. The number of ether oxygens (including phenoxy) is 1. The largest absolute Gasteiger partial charge is 0.481 e. The standard InChI is InChI=1S/C17H22F2N6O3S2/c1-10-16(20)21-6-7-25(10)30(26,27)24-13-8-14(28-2)23-17(22-13)29-9-11-4-3-5-12(18)15(11)19/h3-5,8,10,16,21H,6-7,9,20H2,1-2H3,(H,22,23,24)/t10-,16-/m0/s1. The van der Waals surface area contributed by atoms with E-state index < -0.39 is 34.1 Å². The molecule has 4 N–H and O–H groups in total. The van der Waals surface area contributed by atoms with E-state index in [-0.39, 0.29) is 34.7 Å². The number of methoxy groups -OCH3 is 1. The normalized spacial score (nSPS) is 20.2. The first kappa shape index (κ1) is 22.6. The summed E-state index contributed by atoms with van der Waals surface area (Å²) in [6.45, 7) is 2.36. The molecule has 1 aliphatic rings. The number of nitrogens with one attached hydrogen (secondary N) is 2. The third-order valence-electron chi connectivity index (χ3n) is 4.51. The predicted octanol–water partition coefficient (Wildman–Crippen LogP) is 1.29. The zero-order valence-electron chi connectivity index (χ0n) is 16.3. The Morgan fingerprint density at radius 1 is 1.40 bits per heavy atom. The minimum absolute atomic E-state index is 0.0108. The van der Waals surface area contributed by atoms with Crippen LogP contribution in [0.3, 0.4) is 0 Å². The molecular formula is C17H22F2N6O3S2. The van der Waals surface area contributed by atoms with E-state index in [4.69, 9.17) is 10.5 Å². The van der Waals surface area contributed by atoms with Crippen LogP contribution in [0.25, 0.3) is 0 Å². The zero-order valence-corrected chi connectivity index (χ0v) is 17.9. The maximum absolute atomic E-state index is 13.9. The molecule has 0 amide bonds. The van der Waals surface area contributed by atoms with Crippen molar-refractivity contribution in [1.82, 2.24) is 19.6 Å². The van der Waals surface area contributed by atoms with Crippen molar-refractivity contribution >= 4 is 27.8 Å². The van der Waals surface area contributed by atoms with Crippen LogP contribution in [-0.4, -0.2) is 55.1 Å². The second-order valence-corrected chi connectivity index (χ2v) is 9.08. The average Bonchev–Trinajstić information content (AvgIpc) is 2.70. The molecule has 1 aromatic heterocycles. The van der Waals surface area contributed by atoms with Gasteiger partial charge in [-0.15, -0.1) is 0 Å². The van der Waals surface area contributed by atoms with E-state index in [9.17, 15) is 17.2 Å². The smallest absolute Gasteiger partial charge is 0.303 e. The topological polar surface area (TPSA) is 122 Å². The van der Waals surface area contributed by atoms with Gasteiger partial charge in [-0.2, -0.15) is 17.7 Å². The number of hydrogen-bond acceptors (Lipinski definition) is 8. The SMILES string of the molecule is COc1cc(NS(=O)(=O)N2CCN[C@H](N)[C@@H]2C)nc(SCc2cccc(F)c2F)n1. The molecule has 0 unspecified atom stereocenters. The first-order chi connectivity index (χ1) is 14.2. The van der Waals surface area contributed by atoms with Crippen molar-refractivity contribution < 1.29 is 21.9 Å². The fourth-order valence-corrected chi connectivity index (χ4v) is 5.06. The Bertz CT molecular complexity index is 1010. The summed E-state index contributed by atoms with van der Waals surface area (Å²) < 4.78 is 61.6. The Kier molecular flexibility index (Phi) is 7.08. The molecule has 9 nitrogen and oxygen atoms in total. The number of benzene rings is 1. The summed E-state index contributed by atoms with van der Waals surface area (Å²) in [5.41, 5.74) is 6.03. The van der Waals surface area contributed by atoms with Gasteiger partial charge in [0.2, 0.25) is 5.88 Å². The Morgan fingerprint density at radius 3 is 2.90 bits per heavy atom. The molecule has 30 heavy (non-hydrogen) atoms. The molecule has 1 fully saturated rings. The van der Waals surface area contributed by atoms with Crippen LogP contribution < -0.4 is 20.5 Å². The number of piperazine rings is 1. The monoisotopic (exact) mass is 460 g/mol. The number of nitrogens with zero attached hydrogens (tertiary/aromatic N) is 3. The molecule has 2 aromatic rings. The van der Waals surface area contributed by atoms with E-state index in [1.807, 2.05) is 0 Å². The lowest BCUT2D eigenvalue weighted by molar-refractivity contribution is 0.227. The summed E-state index contributed by atoms with van der Waals surface area (Å²) in [5.74, 6) is -1.74. The van der Waals surface area contributed by atoms with Crippen LogP contribution in [0.5, 0.6) is 5.88 Å². The second kappa shape index (κ2) is 9.39. The average molecular weight is 461 g/mol. The summed E-state index contributed by atoms with van der Waals surface area (Å²) in [5, 5.41) is 3.14. The lowest BCUT2D eigenvalue weighted by Gasteiger charge is -2.36. The van der Waals surface area contributed by atoms with Gasteiger partial charge in [0.05, 0.1) is 19.3 Å². The van der Waals surface area contributed by atoms with Crippen LogP contribution in [0.1, 0.15) is 12.5 Å². The van der Waals surface area contributed by atoms with Crippen LogP contribution >= 0.6 is 11.8 Å². The maximum Gasteiger partial charge on any atom is 0.303 e. The van der Waals surface area contributed by atoms with Gasteiger partial charge < -0.3 is 10.5 Å². The second-order valence-electron chi connectivity index (χ2n) is 6.52. The molecular weight excluding hydrogens is 438 g/mol. The molecule has 0 saturated carbocycles. The zero-order chi connectivity index (χ0) is 21.9. The number of hydrogen-bond donors (Lipinski definition) is 3. The minimum Gasteiger partial charge on any atom is -0.481 e. The predicted molar refractivity (Wildman–Crippen MR) is 109 cm³/mol. The minimum atomic E-state index is -3.94. The molecule has 13 heteroatoms. The van der Waals surface area contributed by atoms with Gasteiger partial charge in [-0.3, -0.25) is 10.0 Å². The molecule has 1 aromatic carbocycles. The first-order valence-electron chi connectivity index (χ1n) is 8.98. The molecule has 0 spiro atoms. The van der Waals surface area contributed by atoms with Crippen molar-refractivity contribution in [3.05, 3.63) is 41.5 Å². The molecule has 1 saturated heterocycles. The van der Waals surface area contributed by atoms with Crippen molar-refractivity contribution in [2.45, 2.75) is 30.0 Å². The van der Waals surface area contributed by atoms with Gasteiger partial charge >= 0.3 is 10.2 Å². The van der Waals surface area contributed by atoms with Crippen molar-refractivity contribution in [3.8, 4) is 5.88 Å². The van der Waals surface area contributed by atoms with Gasteiger partial charge in [0.1, 0.15) is 5.82 Å². The van der Waals surface area contributed by atoms with E-state index in [1.165, 1.54) is 29.6 Å². The fourth-order valence-electron chi connectivity index (χ4n) is 2.85. The van der Waals surface area contributed by atoms with Crippen molar-refractivity contribution in [3.63, 3.8) is 0 Å². The highest BCUT2D eigenvalue weighted by Gasteiger charge is 2.34. The van der Waals surface area contributed by atoms with Gasteiger partial charge in [0, 0.05) is 30.5 Å². The molecule has 1 aliphatic heterocycles. The van der Waals surface area contributed by atoms with Gasteiger partial charge in [-0.1, -0.05) is 23.9 Å². The lowest BCUT2D eigenvalue weighted by atomic mass is 10.2. The van der Waals surface area contributed by atoms with Crippen LogP contribution in [0.4, 0.5) is 14.6 Å². The quantitative estimate of drug-likeness (QED) is 0.417. The molecule has 2 heterocycles. The molecule has 0 bridgehead atoms. The third-order valence-corrected chi connectivity index (χ3v) is 7.00. The maximum atomic E-state index is 13.9. The van der Waals surface area contributed by atoms with Crippen molar-refractivity contribution in [1.29, 1.82) is 0 Å². The number of nitrogens with two attached hydrogens (primary N) is 1. The highest BCUT2D eigenvalue weighted by molar-refractivity contribution is 7.98.